The summed E-state index contributed by atoms with van der Waals surface area (Å²) < 4.78 is 5.97. The van der Waals surface area contributed by atoms with Crippen molar-refractivity contribution in [3.05, 3.63) is 71.4 Å². The molecule has 0 bridgehead atoms. The van der Waals surface area contributed by atoms with E-state index in [0.717, 1.165) is 28.7 Å². The van der Waals surface area contributed by atoms with Crippen molar-refractivity contribution >= 4 is 22.7 Å². The van der Waals surface area contributed by atoms with Crippen molar-refractivity contribution in [1.29, 1.82) is 0 Å². The third-order valence-electron chi connectivity index (χ3n) is 6.02. The molecular weight excluding hydrogens is 420 g/mol. The van der Waals surface area contributed by atoms with Gasteiger partial charge in [0.25, 0.3) is 5.91 Å². The number of nitrogens with zero attached hydrogens (tertiary/aromatic N) is 2. The maximum Gasteiger partial charge on any atom is 0.251 e. The number of rotatable bonds is 6. The number of likely N-dealkylation sites (N-methyl/N-ethyl adjacent to an activating group) is 1. The first-order chi connectivity index (χ1) is 15.9. The molecule has 0 spiro atoms. The number of hydroxylamine groups is 1. The number of para-hydroxylation sites is 1. The molecule has 0 saturated carbocycles. The Morgan fingerprint density at radius 1 is 1.18 bits per heavy atom. The molecule has 2 unspecified atom stereocenters. The molecule has 1 aliphatic heterocycles. The van der Waals surface area contributed by atoms with Crippen LogP contribution in [-0.2, 0) is 11.4 Å². The van der Waals surface area contributed by atoms with Crippen molar-refractivity contribution in [3.63, 3.8) is 0 Å². The highest BCUT2D eigenvalue weighted by Crippen LogP contribution is 2.22. The van der Waals surface area contributed by atoms with Crippen LogP contribution < -0.4 is 15.5 Å². The summed E-state index contributed by atoms with van der Waals surface area (Å²) in [7, 11) is 1.94. The van der Waals surface area contributed by atoms with Crippen LogP contribution in [0.15, 0.2) is 54.6 Å². The van der Waals surface area contributed by atoms with E-state index in [1.807, 2.05) is 49.2 Å². The minimum absolute atomic E-state index is 0.270. The summed E-state index contributed by atoms with van der Waals surface area (Å²) in [4.78, 5) is 31.4. The molecule has 0 radical (unpaired) electrons. The molecule has 2 amide bonds. The van der Waals surface area contributed by atoms with Gasteiger partial charge in [0.2, 0.25) is 5.91 Å². The highest BCUT2D eigenvalue weighted by atomic mass is 16.5. The fourth-order valence-electron chi connectivity index (χ4n) is 4.29. The molecule has 2 aromatic carbocycles. The third kappa shape index (κ3) is 5.30. The van der Waals surface area contributed by atoms with E-state index in [1.165, 1.54) is 0 Å². The highest BCUT2D eigenvalue weighted by molar-refractivity contribution is 5.95. The van der Waals surface area contributed by atoms with E-state index in [1.54, 1.807) is 29.7 Å². The smallest absolute Gasteiger partial charge is 0.251 e. The lowest BCUT2D eigenvalue weighted by molar-refractivity contribution is -0.135. The van der Waals surface area contributed by atoms with E-state index in [4.69, 9.17) is 9.94 Å². The molecule has 0 aliphatic carbocycles. The van der Waals surface area contributed by atoms with Crippen LogP contribution in [0.5, 0.6) is 5.75 Å². The lowest BCUT2D eigenvalue weighted by atomic mass is 9.91. The molecule has 1 aliphatic rings. The van der Waals surface area contributed by atoms with Crippen molar-refractivity contribution in [1.82, 2.24) is 20.7 Å². The summed E-state index contributed by atoms with van der Waals surface area (Å²) in [5.41, 5.74) is 5.11. The summed E-state index contributed by atoms with van der Waals surface area (Å²) in [6.07, 6.45) is 0.559. The van der Waals surface area contributed by atoms with Crippen LogP contribution >= 0.6 is 0 Å². The van der Waals surface area contributed by atoms with Gasteiger partial charge in [-0.2, -0.15) is 0 Å². The number of hydrogen-bond donors (Lipinski definition) is 3. The van der Waals surface area contributed by atoms with Gasteiger partial charge in [-0.3, -0.25) is 19.8 Å². The first kappa shape index (κ1) is 22.7. The first-order valence-electron chi connectivity index (χ1n) is 11.0. The Morgan fingerprint density at radius 3 is 2.70 bits per heavy atom. The molecule has 1 aromatic heterocycles. The second-order valence-electron chi connectivity index (χ2n) is 8.47. The Morgan fingerprint density at radius 2 is 1.94 bits per heavy atom. The number of nitrogens with one attached hydrogen (secondary N) is 2. The van der Waals surface area contributed by atoms with Crippen LogP contribution in [0, 0.1) is 12.8 Å². The van der Waals surface area contributed by atoms with Crippen LogP contribution in [0.25, 0.3) is 10.9 Å². The zero-order valence-electron chi connectivity index (χ0n) is 18.7. The lowest BCUT2D eigenvalue weighted by Gasteiger charge is -2.35. The van der Waals surface area contributed by atoms with Crippen LogP contribution in [0.4, 0.5) is 0 Å². The normalized spacial score (nSPS) is 18.6. The number of hydrogen-bond acceptors (Lipinski definition) is 6. The minimum Gasteiger partial charge on any atom is -0.489 e. The monoisotopic (exact) mass is 448 g/mol. The van der Waals surface area contributed by atoms with Gasteiger partial charge in [0.05, 0.1) is 17.5 Å². The van der Waals surface area contributed by atoms with E-state index in [0.29, 0.717) is 30.9 Å². The van der Waals surface area contributed by atoms with E-state index >= 15 is 0 Å². The Labute approximate surface area is 192 Å². The lowest BCUT2D eigenvalue weighted by Crippen LogP contribution is -2.55. The van der Waals surface area contributed by atoms with Gasteiger partial charge in [-0.1, -0.05) is 18.2 Å². The van der Waals surface area contributed by atoms with E-state index in [9.17, 15) is 9.59 Å². The first-order valence-corrected chi connectivity index (χ1v) is 11.0. The SMILES string of the molecule is Cc1cc(COc2ccc(C(=O)NC3CN(C)CCC3C(=O)NO)cc2)c2ccccc2n1. The average molecular weight is 449 g/mol. The maximum absolute atomic E-state index is 12.8. The van der Waals surface area contributed by atoms with Crippen LogP contribution in [0.3, 0.4) is 0 Å². The number of aromatic nitrogens is 1. The van der Waals surface area contributed by atoms with Crippen molar-refractivity contribution < 1.29 is 19.5 Å². The van der Waals surface area contributed by atoms with Gasteiger partial charge in [-0.05, 0) is 63.3 Å². The van der Waals surface area contributed by atoms with Crippen molar-refractivity contribution in [2.75, 3.05) is 20.1 Å². The van der Waals surface area contributed by atoms with Gasteiger partial charge < -0.3 is 15.0 Å². The molecule has 2 heterocycles. The van der Waals surface area contributed by atoms with Crippen LogP contribution in [0.2, 0.25) is 0 Å². The zero-order chi connectivity index (χ0) is 23.4. The molecule has 33 heavy (non-hydrogen) atoms. The molecule has 172 valence electrons. The predicted octanol–water partition coefficient (Wildman–Crippen LogP) is 2.68. The van der Waals surface area contributed by atoms with Gasteiger partial charge in [0.15, 0.2) is 0 Å². The maximum atomic E-state index is 12.8. The molecule has 8 heteroatoms. The third-order valence-corrected chi connectivity index (χ3v) is 6.02. The van der Waals surface area contributed by atoms with Crippen molar-refractivity contribution in [3.8, 4) is 5.75 Å². The quantitative estimate of drug-likeness (QED) is 0.396. The van der Waals surface area contributed by atoms with Gasteiger partial charge in [-0.15, -0.1) is 0 Å². The number of carbonyl (C=O) groups excluding carboxylic acids is 2. The van der Waals surface area contributed by atoms with Crippen molar-refractivity contribution in [2.45, 2.75) is 26.0 Å². The number of aryl methyl sites for hydroxylation is 1. The molecule has 3 N–H and O–H groups in total. The number of benzene rings is 2. The summed E-state index contributed by atoms with van der Waals surface area (Å²) >= 11 is 0. The second kappa shape index (κ2) is 9.97. The summed E-state index contributed by atoms with van der Waals surface area (Å²) in [5, 5.41) is 13.0. The Kier molecular flexibility index (Phi) is 6.86. The fraction of sp³-hybridized carbons (Fsp3) is 0.320. The van der Waals surface area contributed by atoms with Crippen LogP contribution in [0.1, 0.15) is 28.0 Å². The number of piperidine rings is 1. The summed E-state index contributed by atoms with van der Waals surface area (Å²) in [6, 6.07) is 16.5. The zero-order valence-corrected chi connectivity index (χ0v) is 18.7. The predicted molar refractivity (Wildman–Crippen MR) is 124 cm³/mol. The average Bonchev–Trinajstić information content (AvgIpc) is 2.82. The summed E-state index contributed by atoms with van der Waals surface area (Å²) in [6.45, 7) is 3.61. The number of fused-ring (bicyclic) bond motifs is 1. The molecule has 1 fully saturated rings. The number of pyridine rings is 1. The van der Waals surface area contributed by atoms with Gasteiger partial charge in [0, 0.05) is 28.8 Å². The molecule has 1 saturated heterocycles. The molecule has 2 atom stereocenters. The number of ether oxygens (including phenoxy) is 1. The Balaban J connectivity index is 1.41. The molecular formula is C25H28N4O4. The van der Waals surface area contributed by atoms with E-state index < -0.39 is 11.8 Å². The Bertz CT molecular complexity index is 1150. The van der Waals surface area contributed by atoms with Crippen molar-refractivity contribution in [2.24, 2.45) is 5.92 Å². The number of likely N-dealkylation sites (tertiary alicyclic amines) is 1. The molecule has 8 nitrogen and oxygen atoms in total. The van der Waals surface area contributed by atoms with Gasteiger partial charge in [-0.25, -0.2) is 5.48 Å². The molecule has 3 aromatic rings. The number of amides is 2. The van der Waals surface area contributed by atoms with Crippen LogP contribution in [-0.4, -0.2) is 53.1 Å². The standard InChI is InChI=1S/C25H28N4O4/c1-16-13-18(20-5-3-4-6-22(20)26-16)15-33-19-9-7-17(8-10-19)24(30)27-23-14-29(2)12-11-21(23)25(31)28-32/h3-10,13,21,23,32H,11-12,14-15H2,1-2H3,(H,27,30)(H,28,31). The van der Waals surface area contributed by atoms with Gasteiger partial charge >= 0.3 is 0 Å². The Hall–Kier alpha value is -3.49. The largest absolute Gasteiger partial charge is 0.489 e. The number of carbonyl (C=O) groups is 2. The highest BCUT2D eigenvalue weighted by Gasteiger charge is 2.34. The molecule has 4 rings (SSSR count). The van der Waals surface area contributed by atoms with E-state index in [-0.39, 0.29) is 11.9 Å². The summed E-state index contributed by atoms with van der Waals surface area (Å²) in [5.74, 6) is -0.569. The second-order valence-corrected chi connectivity index (χ2v) is 8.47. The van der Waals surface area contributed by atoms with E-state index in [2.05, 4.69) is 10.3 Å². The topological polar surface area (TPSA) is 104 Å². The van der Waals surface area contributed by atoms with Gasteiger partial charge in [0.1, 0.15) is 12.4 Å². The minimum atomic E-state index is -0.476. The fourth-order valence-corrected chi connectivity index (χ4v) is 4.29.